The van der Waals surface area contributed by atoms with E-state index in [4.69, 9.17) is 11.6 Å². The van der Waals surface area contributed by atoms with E-state index in [2.05, 4.69) is 9.97 Å². The fourth-order valence-electron chi connectivity index (χ4n) is 1.15. The first kappa shape index (κ1) is 9.72. The van der Waals surface area contributed by atoms with E-state index in [9.17, 15) is 9.59 Å². The Morgan fingerprint density at radius 3 is 2.50 bits per heavy atom. The van der Waals surface area contributed by atoms with Crippen LogP contribution in [-0.4, -0.2) is 9.97 Å². The number of benzene rings is 1. The molecule has 2 aromatic rings. The molecule has 72 valence electrons. The van der Waals surface area contributed by atoms with Crippen molar-refractivity contribution >= 4 is 45.2 Å². The van der Waals surface area contributed by atoms with Gasteiger partial charge in [-0.3, -0.25) is 9.59 Å². The van der Waals surface area contributed by atoms with Crippen molar-refractivity contribution in [3.05, 3.63) is 41.4 Å². The zero-order valence-corrected chi connectivity index (χ0v) is 9.64. The molecule has 0 atom stereocenters. The van der Waals surface area contributed by atoms with Crippen LogP contribution in [0.5, 0.6) is 0 Å². The molecule has 0 aliphatic heterocycles. The SMILES string of the molecule is O=c1[nH]c2cc(Cl)cc(I)c2[nH]c1=O. The van der Waals surface area contributed by atoms with Gasteiger partial charge in [0.15, 0.2) is 0 Å². The summed E-state index contributed by atoms with van der Waals surface area (Å²) in [4.78, 5) is 27.0. The van der Waals surface area contributed by atoms with Crippen molar-refractivity contribution in [3.63, 3.8) is 0 Å². The first-order valence-electron chi connectivity index (χ1n) is 3.69. The number of hydrogen-bond donors (Lipinski definition) is 2. The lowest BCUT2D eigenvalue weighted by Gasteiger charge is -2.00. The van der Waals surface area contributed by atoms with Crippen LogP contribution in [-0.2, 0) is 0 Å². The zero-order valence-electron chi connectivity index (χ0n) is 6.73. The lowest BCUT2D eigenvalue weighted by molar-refractivity contribution is 1.14. The summed E-state index contributed by atoms with van der Waals surface area (Å²) in [6.45, 7) is 0. The standard InChI is InChI=1S/C8H4ClIN2O2/c9-3-1-4(10)6-5(2-3)11-7(13)8(14)12-6/h1-2H,(H,11,13)(H,12,14). The van der Waals surface area contributed by atoms with E-state index in [1.807, 2.05) is 22.6 Å². The van der Waals surface area contributed by atoms with Gasteiger partial charge >= 0.3 is 11.1 Å². The average molecular weight is 322 g/mol. The van der Waals surface area contributed by atoms with Crippen molar-refractivity contribution in [1.82, 2.24) is 9.97 Å². The Balaban J connectivity index is 3.03. The molecule has 0 bridgehead atoms. The maximum absolute atomic E-state index is 11.0. The summed E-state index contributed by atoms with van der Waals surface area (Å²) in [7, 11) is 0. The minimum atomic E-state index is -0.671. The quantitative estimate of drug-likeness (QED) is 0.570. The smallest absolute Gasteiger partial charge is 0.314 e. The van der Waals surface area contributed by atoms with Crippen LogP contribution in [0.3, 0.4) is 0 Å². The van der Waals surface area contributed by atoms with Gasteiger partial charge in [0, 0.05) is 8.59 Å². The summed E-state index contributed by atoms with van der Waals surface area (Å²) in [5.41, 5.74) is -0.195. The molecule has 0 unspecified atom stereocenters. The van der Waals surface area contributed by atoms with Crippen molar-refractivity contribution in [2.75, 3.05) is 0 Å². The normalized spacial score (nSPS) is 10.7. The summed E-state index contributed by atoms with van der Waals surface area (Å²) in [5.74, 6) is 0. The highest BCUT2D eigenvalue weighted by Crippen LogP contribution is 2.20. The number of halogens is 2. The maximum atomic E-state index is 11.0. The van der Waals surface area contributed by atoms with Crippen molar-refractivity contribution in [1.29, 1.82) is 0 Å². The summed E-state index contributed by atoms with van der Waals surface area (Å²) in [6.07, 6.45) is 0. The Labute approximate surface area is 96.4 Å². The molecular weight excluding hydrogens is 318 g/mol. The Kier molecular flexibility index (Phi) is 2.36. The van der Waals surface area contributed by atoms with Crippen LogP contribution < -0.4 is 11.1 Å². The van der Waals surface area contributed by atoms with Gasteiger partial charge in [-0.05, 0) is 34.7 Å². The molecule has 4 nitrogen and oxygen atoms in total. The molecule has 1 aromatic carbocycles. The number of hydrogen-bond acceptors (Lipinski definition) is 2. The fraction of sp³-hybridized carbons (Fsp3) is 0. The predicted molar refractivity (Wildman–Crippen MR) is 62.9 cm³/mol. The molecule has 0 amide bonds. The zero-order chi connectivity index (χ0) is 10.3. The van der Waals surface area contributed by atoms with Gasteiger partial charge in [0.25, 0.3) is 0 Å². The minimum absolute atomic E-state index is 0.518. The molecule has 0 saturated carbocycles. The highest BCUT2D eigenvalue weighted by atomic mass is 127. The van der Waals surface area contributed by atoms with Crippen LogP contribution in [0.15, 0.2) is 21.7 Å². The first-order valence-corrected chi connectivity index (χ1v) is 5.15. The second-order valence-electron chi connectivity index (χ2n) is 2.72. The lowest BCUT2D eigenvalue weighted by atomic mass is 10.3. The van der Waals surface area contributed by atoms with Crippen molar-refractivity contribution in [2.45, 2.75) is 0 Å². The van der Waals surface area contributed by atoms with Gasteiger partial charge in [0.05, 0.1) is 11.0 Å². The van der Waals surface area contributed by atoms with E-state index in [0.717, 1.165) is 3.57 Å². The lowest BCUT2D eigenvalue weighted by Crippen LogP contribution is -2.29. The Bertz CT molecular complexity index is 617. The van der Waals surface area contributed by atoms with Crippen molar-refractivity contribution in [2.24, 2.45) is 0 Å². The summed E-state index contributed by atoms with van der Waals surface area (Å²) < 4.78 is 0.790. The van der Waals surface area contributed by atoms with Crippen LogP contribution >= 0.6 is 34.2 Å². The first-order chi connectivity index (χ1) is 6.58. The van der Waals surface area contributed by atoms with Gasteiger partial charge in [0.2, 0.25) is 0 Å². The number of nitrogens with one attached hydrogen (secondary N) is 2. The molecule has 0 saturated heterocycles. The largest absolute Gasteiger partial charge is 0.316 e. The molecule has 0 fully saturated rings. The van der Waals surface area contributed by atoms with Gasteiger partial charge in [-0.1, -0.05) is 11.6 Å². The molecule has 0 spiro atoms. The van der Waals surface area contributed by atoms with Crippen LogP contribution in [0.4, 0.5) is 0 Å². The van der Waals surface area contributed by atoms with E-state index in [-0.39, 0.29) is 0 Å². The average Bonchev–Trinajstić information content (AvgIpc) is 2.08. The second kappa shape index (κ2) is 3.39. The molecule has 1 aromatic heterocycles. The minimum Gasteiger partial charge on any atom is -0.316 e. The van der Waals surface area contributed by atoms with Crippen LogP contribution in [0, 0.1) is 3.57 Å². The molecule has 0 radical (unpaired) electrons. The topological polar surface area (TPSA) is 65.7 Å². The molecule has 2 N–H and O–H groups in total. The Morgan fingerprint density at radius 2 is 1.79 bits per heavy atom. The second-order valence-corrected chi connectivity index (χ2v) is 4.32. The molecule has 0 aliphatic carbocycles. The molecular formula is C8H4ClIN2O2. The van der Waals surface area contributed by atoms with E-state index in [1.165, 1.54) is 0 Å². The van der Waals surface area contributed by atoms with Crippen LogP contribution in [0.25, 0.3) is 11.0 Å². The number of aromatic amines is 2. The number of rotatable bonds is 0. The third kappa shape index (κ3) is 1.57. The summed E-state index contributed by atoms with van der Waals surface area (Å²) >= 11 is 7.83. The van der Waals surface area contributed by atoms with Crippen LogP contribution in [0.2, 0.25) is 5.02 Å². The monoisotopic (exact) mass is 322 g/mol. The van der Waals surface area contributed by atoms with E-state index in [1.54, 1.807) is 12.1 Å². The molecule has 2 rings (SSSR count). The Hall–Kier alpha value is -0.820. The number of fused-ring (bicyclic) bond motifs is 1. The van der Waals surface area contributed by atoms with E-state index >= 15 is 0 Å². The molecule has 6 heteroatoms. The third-order valence-electron chi connectivity index (χ3n) is 1.75. The molecule has 14 heavy (non-hydrogen) atoms. The van der Waals surface area contributed by atoms with Crippen LogP contribution in [0.1, 0.15) is 0 Å². The maximum Gasteiger partial charge on any atom is 0.314 e. The van der Waals surface area contributed by atoms with Gasteiger partial charge in [0.1, 0.15) is 0 Å². The third-order valence-corrected chi connectivity index (χ3v) is 2.82. The van der Waals surface area contributed by atoms with E-state index in [0.29, 0.717) is 16.1 Å². The van der Waals surface area contributed by atoms with Crippen molar-refractivity contribution < 1.29 is 0 Å². The summed E-state index contributed by atoms with van der Waals surface area (Å²) in [5, 5.41) is 0.518. The highest BCUT2D eigenvalue weighted by Gasteiger charge is 2.04. The molecule has 0 aliphatic rings. The van der Waals surface area contributed by atoms with Gasteiger partial charge in [-0.2, -0.15) is 0 Å². The fourth-order valence-corrected chi connectivity index (χ4v) is 2.31. The summed E-state index contributed by atoms with van der Waals surface area (Å²) in [6, 6.07) is 3.30. The highest BCUT2D eigenvalue weighted by molar-refractivity contribution is 14.1. The Morgan fingerprint density at radius 1 is 1.14 bits per heavy atom. The van der Waals surface area contributed by atoms with Crippen molar-refractivity contribution in [3.8, 4) is 0 Å². The molecule has 1 heterocycles. The van der Waals surface area contributed by atoms with Gasteiger partial charge < -0.3 is 9.97 Å². The predicted octanol–water partition coefficient (Wildman–Crippen LogP) is 1.47. The number of aromatic nitrogens is 2. The number of H-pyrrole nitrogens is 2. The van der Waals surface area contributed by atoms with Gasteiger partial charge in [-0.25, -0.2) is 0 Å². The van der Waals surface area contributed by atoms with E-state index < -0.39 is 11.1 Å². The van der Waals surface area contributed by atoms with Gasteiger partial charge in [-0.15, -0.1) is 0 Å².